The maximum Gasteiger partial charge on any atom is 0.0480 e. The first-order chi connectivity index (χ1) is 7.04. The predicted octanol–water partition coefficient (Wildman–Crippen LogP) is 5.08. The minimum Gasteiger partial charge on any atom is -0.0880 e. The number of hydrogen-bond acceptors (Lipinski definition) is 0. The lowest BCUT2D eigenvalue weighted by Crippen LogP contribution is -1.95. The second kappa shape index (κ2) is 5.72. The molecular formula is C13H16BrCl. The van der Waals surface area contributed by atoms with E-state index < -0.39 is 0 Å². The quantitative estimate of drug-likeness (QED) is 0.680. The van der Waals surface area contributed by atoms with Crippen LogP contribution in [-0.4, -0.2) is 5.33 Å². The largest absolute Gasteiger partial charge is 0.0880 e. The number of allylic oxidation sites excluding steroid dienone is 1. The molecule has 0 unspecified atom stereocenters. The van der Waals surface area contributed by atoms with Crippen molar-refractivity contribution in [1.29, 1.82) is 0 Å². The third-order valence-corrected chi connectivity index (χ3v) is 3.37. The number of halogens is 2. The molecule has 0 spiro atoms. The van der Waals surface area contributed by atoms with Crippen LogP contribution in [0.4, 0.5) is 0 Å². The van der Waals surface area contributed by atoms with Crippen molar-refractivity contribution >= 4 is 33.6 Å². The van der Waals surface area contributed by atoms with E-state index in [1.165, 1.54) is 11.1 Å². The van der Waals surface area contributed by atoms with Gasteiger partial charge in [-0.1, -0.05) is 65.2 Å². The normalized spacial score (nSPS) is 12.3. The molecule has 0 fully saturated rings. The van der Waals surface area contributed by atoms with E-state index in [1.807, 2.05) is 13.0 Å². The van der Waals surface area contributed by atoms with Gasteiger partial charge >= 0.3 is 0 Å². The van der Waals surface area contributed by atoms with Gasteiger partial charge in [0, 0.05) is 10.4 Å². The van der Waals surface area contributed by atoms with Gasteiger partial charge in [-0.2, -0.15) is 0 Å². The number of rotatable bonds is 3. The first kappa shape index (κ1) is 12.8. The van der Waals surface area contributed by atoms with Gasteiger partial charge in [0.05, 0.1) is 0 Å². The highest BCUT2D eigenvalue weighted by atomic mass is 79.9. The molecule has 0 radical (unpaired) electrons. The molecule has 0 aromatic heterocycles. The van der Waals surface area contributed by atoms with Crippen molar-refractivity contribution in [2.75, 3.05) is 5.33 Å². The Labute approximate surface area is 105 Å². The highest BCUT2D eigenvalue weighted by Crippen LogP contribution is 2.23. The summed E-state index contributed by atoms with van der Waals surface area (Å²) in [6.45, 7) is 6.43. The first-order valence-corrected chi connectivity index (χ1v) is 6.57. The van der Waals surface area contributed by atoms with Crippen LogP contribution in [0.2, 0.25) is 5.02 Å². The van der Waals surface area contributed by atoms with Crippen LogP contribution in [0.25, 0.3) is 6.08 Å². The van der Waals surface area contributed by atoms with Gasteiger partial charge in [-0.15, -0.1) is 0 Å². The van der Waals surface area contributed by atoms with E-state index in [9.17, 15) is 0 Å². The monoisotopic (exact) mass is 286 g/mol. The molecule has 0 bridgehead atoms. The average molecular weight is 288 g/mol. The molecule has 0 heterocycles. The summed E-state index contributed by atoms with van der Waals surface area (Å²) < 4.78 is 0. The lowest BCUT2D eigenvalue weighted by Gasteiger charge is -2.09. The Kier molecular flexibility index (Phi) is 4.88. The molecule has 1 rings (SSSR count). The zero-order chi connectivity index (χ0) is 11.4. The molecule has 0 atom stereocenters. The van der Waals surface area contributed by atoms with Gasteiger partial charge in [-0.3, -0.25) is 0 Å². The fraction of sp³-hybridized carbons (Fsp3) is 0.385. The highest BCUT2D eigenvalue weighted by Gasteiger charge is 2.03. The van der Waals surface area contributed by atoms with E-state index in [4.69, 9.17) is 11.6 Å². The molecular weight excluding hydrogens is 271 g/mol. The molecule has 0 saturated heterocycles. The third-order valence-electron chi connectivity index (χ3n) is 2.39. The smallest absolute Gasteiger partial charge is 0.0480 e. The van der Waals surface area contributed by atoms with Crippen molar-refractivity contribution in [3.63, 3.8) is 0 Å². The van der Waals surface area contributed by atoms with Gasteiger partial charge in [-0.25, -0.2) is 0 Å². The fourth-order valence-corrected chi connectivity index (χ4v) is 2.41. The van der Waals surface area contributed by atoms with Gasteiger partial charge in [0.25, 0.3) is 0 Å². The molecule has 0 amide bonds. The standard InChI is InChI=1S/C13H16BrCl/c1-9(2)12(8-14)7-11-5-4-10(3)6-13(11)15/h4-7,9H,8H2,1-3H3/b12-7+. The van der Waals surface area contributed by atoms with Crippen molar-refractivity contribution < 1.29 is 0 Å². The molecule has 0 N–H and O–H groups in total. The van der Waals surface area contributed by atoms with Crippen LogP contribution in [0.3, 0.4) is 0 Å². The average Bonchev–Trinajstić information content (AvgIpc) is 2.16. The number of alkyl halides is 1. The van der Waals surface area contributed by atoms with Crippen molar-refractivity contribution in [1.82, 2.24) is 0 Å². The van der Waals surface area contributed by atoms with Crippen molar-refractivity contribution in [3.8, 4) is 0 Å². The topological polar surface area (TPSA) is 0 Å². The van der Waals surface area contributed by atoms with Crippen LogP contribution in [-0.2, 0) is 0 Å². The van der Waals surface area contributed by atoms with Crippen LogP contribution < -0.4 is 0 Å². The lowest BCUT2D eigenvalue weighted by atomic mass is 10.0. The number of benzene rings is 1. The summed E-state index contributed by atoms with van der Waals surface area (Å²) in [4.78, 5) is 0. The van der Waals surface area contributed by atoms with E-state index in [0.29, 0.717) is 5.92 Å². The molecule has 1 aromatic rings. The van der Waals surface area contributed by atoms with Crippen LogP contribution >= 0.6 is 27.5 Å². The Morgan fingerprint density at radius 2 is 2.13 bits per heavy atom. The van der Waals surface area contributed by atoms with E-state index >= 15 is 0 Å². The maximum atomic E-state index is 6.18. The van der Waals surface area contributed by atoms with E-state index in [-0.39, 0.29) is 0 Å². The molecule has 82 valence electrons. The second-order valence-electron chi connectivity index (χ2n) is 4.03. The zero-order valence-corrected chi connectivity index (χ0v) is 11.7. The Morgan fingerprint density at radius 3 is 2.60 bits per heavy atom. The van der Waals surface area contributed by atoms with Crippen molar-refractivity contribution in [2.45, 2.75) is 20.8 Å². The van der Waals surface area contributed by atoms with Gasteiger partial charge in [0.2, 0.25) is 0 Å². The van der Waals surface area contributed by atoms with Gasteiger partial charge in [0.1, 0.15) is 0 Å². The van der Waals surface area contributed by atoms with Gasteiger partial charge < -0.3 is 0 Å². The predicted molar refractivity (Wildman–Crippen MR) is 72.8 cm³/mol. The summed E-state index contributed by atoms with van der Waals surface area (Å²) in [6, 6.07) is 6.16. The summed E-state index contributed by atoms with van der Waals surface area (Å²) in [7, 11) is 0. The number of aryl methyl sites for hydroxylation is 1. The minimum absolute atomic E-state index is 0.543. The van der Waals surface area contributed by atoms with E-state index in [0.717, 1.165) is 15.9 Å². The molecule has 15 heavy (non-hydrogen) atoms. The Hall–Kier alpha value is -0.270. The zero-order valence-electron chi connectivity index (χ0n) is 9.35. The van der Waals surface area contributed by atoms with E-state index in [2.05, 4.69) is 48.0 Å². The first-order valence-electron chi connectivity index (χ1n) is 5.07. The van der Waals surface area contributed by atoms with Crippen molar-refractivity contribution in [3.05, 3.63) is 39.9 Å². The summed E-state index contributed by atoms with van der Waals surface area (Å²) in [5, 5.41) is 1.73. The molecule has 1 aromatic carbocycles. The Balaban J connectivity index is 3.06. The van der Waals surface area contributed by atoms with Crippen molar-refractivity contribution in [2.24, 2.45) is 5.92 Å². The molecule has 0 aliphatic rings. The van der Waals surface area contributed by atoms with Crippen LogP contribution in [0, 0.1) is 12.8 Å². The lowest BCUT2D eigenvalue weighted by molar-refractivity contribution is 0.781. The van der Waals surface area contributed by atoms with Crippen LogP contribution in [0.5, 0.6) is 0 Å². The van der Waals surface area contributed by atoms with Gasteiger partial charge in [0.15, 0.2) is 0 Å². The fourth-order valence-electron chi connectivity index (χ4n) is 1.31. The highest BCUT2D eigenvalue weighted by molar-refractivity contribution is 9.09. The van der Waals surface area contributed by atoms with Crippen LogP contribution in [0.15, 0.2) is 23.8 Å². The third kappa shape index (κ3) is 3.66. The minimum atomic E-state index is 0.543. The summed E-state index contributed by atoms with van der Waals surface area (Å²) in [6.07, 6.45) is 2.17. The SMILES string of the molecule is Cc1ccc(/C=C(\CBr)C(C)C)c(Cl)c1. The Morgan fingerprint density at radius 1 is 1.47 bits per heavy atom. The number of hydrogen-bond donors (Lipinski definition) is 0. The molecule has 2 heteroatoms. The second-order valence-corrected chi connectivity index (χ2v) is 5.00. The summed E-state index contributed by atoms with van der Waals surface area (Å²) in [5.74, 6) is 0.543. The van der Waals surface area contributed by atoms with Gasteiger partial charge in [-0.05, 0) is 30.0 Å². The summed E-state index contributed by atoms with van der Waals surface area (Å²) >= 11 is 9.68. The maximum absolute atomic E-state index is 6.18. The molecule has 0 aliphatic carbocycles. The molecule has 0 saturated carbocycles. The van der Waals surface area contributed by atoms with E-state index in [1.54, 1.807) is 0 Å². The summed E-state index contributed by atoms with van der Waals surface area (Å²) in [5.41, 5.74) is 3.66. The molecule has 0 nitrogen and oxygen atoms in total. The molecule has 0 aliphatic heterocycles. The Bertz CT molecular complexity index is 367. The van der Waals surface area contributed by atoms with Crippen LogP contribution in [0.1, 0.15) is 25.0 Å².